The molecule has 0 atom stereocenters. The molecule has 0 aromatic rings. The third-order valence-electron chi connectivity index (χ3n) is 4.86. The highest BCUT2D eigenvalue weighted by molar-refractivity contribution is 6.19. The van der Waals surface area contributed by atoms with Gasteiger partial charge in [-0.1, -0.05) is 19.3 Å². The van der Waals surface area contributed by atoms with Crippen LogP contribution in [0.4, 0.5) is 18.0 Å². The van der Waals surface area contributed by atoms with Gasteiger partial charge in [-0.25, -0.2) is 9.69 Å². The molecule has 4 amide bonds. The molecule has 0 radical (unpaired) electrons. The molecule has 2 saturated carbocycles. The molecule has 0 unspecified atom stereocenters. The molecule has 5 nitrogen and oxygen atoms in total. The van der Waals surface area contributed by atoms with E-state index >= 15 is 0 Å². The molecule has 3 aliphatic rings. The zero-order valence-electron chi connectivity index (χ0n) is 11.3. The fraction of sp³-hybridized carbons (Fsp3) is 0.769. The minimum atomic E-state index is -4.67. The third-order valence-corrected chi connectivity index (χ3v) is 4.86. The number of hydrogen-bond acceptors (Lipinski definition) is 3. The Morgan fingerprint density at radius 2 is 1.52 bits per heavy atom. The lowest BCUT2D eigenvalue weighted by atomic mass is 9.71. The highest BCUT2D eigenvalue weighted by Crippen LogP contribution is 2.56. The molecule has 8 heteroatoms. The quantitative estimate of drug-likeness (QED) is 0.755. The van der Waals surface area contributed by atoms with E-state index < -0.39 is 35.0 Å². The summed E-state index contributed by atoms with van der Waals surface area (Å²) in [6, 6.07) is -1.24. The van der Waals surface area contributed by atoms with Gasteiger partial charge in [-0.3, -0.25) is 14.9 Å². The Bertz CT molecular complexity index is 519. The molecule has 3 rings (SSSR count). The number of halogens is 3. The van der Waals surface area contributed by atoms with Crippen molar-refractivity contribution in [1.82, 2.24) is 10.2 Å². The molecule has 21 heavy (non-hydrogen) atoms. The normalized spacial score (nSPS) is 27.8. The summed E-state index contributed by atoms with van der Waals surface area (Å²) in [6.45, 7) is 0. The number of nitrogens with one attached hydrogen (secondary N) is 1. The molecule has 1 heterocycles. The van der Waals surface area contributed by atoms with Crippen LogP contribution in [0.3, 0.4) is 0 Å². The zero-order chi connectivity index (χ0) is 15.5. The van der Waals surface area contributed by atoms with E-state index in [2.05, 4.69) is 0 Å². The SMILES string of the molecule is O=C1NC(=O)C2(CCCCC2)C(=O)N1C1(C(F)(F)F)CC1. The van der Waals surface area contributed by atoms with Gasteiger partial charge >= 0.3 is 12.2 Å². The summed E-state index contributed by atoms with van der Waals surface area (Å²) in [5, 5.41) is 1.97. The van der Waals surface area contributed by atoms with Crippen molar-refractivity contribution >= 4 is 17.8 Å². The average molecular weight is 304 g/mol. The lowest BCUT2D eigenvalue weighted by molar-refractivity contribution is -0.199. The van der Waals surface area contributed by atoms with Crippen LogP contribution in [0.5, 0.6) is 0 Å². The van der Waals surface area contributed by atoms with E-state index in [1.807, 2.05) is 5.32 Å². The molecule has 3 fully saturated rings. The van der Waals surface area contributed by atoms with Crippen LogP contribution in [0.2, 0.25) is 0 Å². The summed E-state index contributed by atoms with van der Waals surface area (Å²) in [5.41, 5.74) is -3.91. The van der Waals surface area contributed by atoms with Crippen molar-refractivity contribution in [3.05, 3.63) is 0 Å². The Morgan fingerprint density at radius 1 is 0.952 bits per heavy atom. The van der Waals surface area contributed by atoms with Crippen molar-refractivity contribution in [2.75, 3.05) is 0 Å². The molecule has 1 aliphatic heterocycles. The standard InChI is InChI=1S/C13H15F3N2O3/c14-13(15,16)12(6-7-12)18-9(20)11(4-2-1-3-5-11)8(19)17-10(18)21/h1-7H2,(H,17,19,21). The van der Waals surface area contributed by atoms with Gasteiger partial charge in [0.25, 0.3) is 0 Å². The second-order valence-corrected chi connectivity index (χ2v) is 6.07. The van der Waals surface area contributed by atoms with Gasteiger partial charge in [0.1, 0.15) is 11.0 Å². The molecule has 0 aromatic heterocycles. The summed E-state index contributed by atoms with van der Waals surface area (Å²) >= 11 is 0. The van der Waals surface area contributed by atoms with Gasteiger partial charge in [0.05, 0.1) is 0 Å². The first kappa shape index (κ1) is 14.3. The number of imide groups is 2. The molecule has 2 aliphatic carbocycles. The van der Waals surface area contributed by atoms with Gasteiger partial charge in [-0.15, -0.1) is 0 Å². The Morgan fingerprint density at radius 3 is 2.00 bits per heavy atom. The fourth-order valence-electron chi connectivity index (χ4n) is 3.41. The van der Waals surface area contributed by atoms with Crippen LogP contribution in [-0.4, -0.2) is 34.5 Å². The Kier molecular flexibility index (Phi) is 2.87. The summed E-state index contributed by atoms with van der Waals surface area (Å²) in [5.74, 6) is -1.71. The summed E-state index contributed by atoms with van der Waals surface area (Å²) < 4.78 is 39.7. The number of urea groups is 1. The maximum atomic E-state index is 13.2. The second-order valence-electron chi connectivity index (χ2n) is 6.07. The van der Waals surface area contributed by atoms with Gasteiger partial charge in [0.2, 0.25) is 11.8 Å². The third kappa shape index (κ3) is 1.80. The maximum Gasteiger partial charge on any atom is 0.412 e. The van der Waals surface area contributed by atoms with Crippen molar-refractivity contribution in [3.63, 3.8) is 0 Å². The fourth-order valence-corrected chi connectivity index (χ4v) is 3.41. The number of alkyl halides is 3. The summed E-state index contributed by atoms with van der Waals surface area (Å²) in [6.07, 6.45) is -2.82. The van der Waals surface area contributed by atoms with E-state index in [4.69, 9.17) is 0 Å². The Balaban J connectivity index is 2.00. The van der Waals surface area contributed by atoms with Crippen LogP contribution in [0, 0.1) is 5.41 Å². The zero-order valence-corrected chi connectivity index (χ0v) is 11.3. The lowest BCUT2D eigenvalue weighted by Crippen LogP contribution is -2.69. The van der Waals surface area contributed by atoms with Crippen LogP contribution in [0.15, 0.2) is 0 Å². The summed E-state index contributed by atoms with van der Waals surface area (Å²) in [7, 11) is 0. The highest BCUT2D eigenvalue weighted by Gasteiger charge is 2.73. The molecule has 0 bridgehead atoms. The number of barbiturate groups is 1. The van der Waals surface area contributed by atoms with Gasteiger partial charge in [-0.05, 0) is 25.7 Å². The number of carbonyl (C=O) groups excluding carboxylic acids is 3. The lowest BCUT2D eigenvalue weighted by Gasteiger charge is -2.44. The van der Waals surface area contributed by atoms with E-state index in [1.54, 1.807) is 0 Å². The predicted molar refractivity (Wildman–Crippen MR) is 63.9 cm³/mol. The minimum Gasteiger partial charge on any atom is -0.277 e. The van der Waals surface area contributed by atoms with E-state index in [0.717, 1.165) is 6.42 Å². The van der Waals surface area contributed by atoms with Gasteiger partial charge in [0.15, 0.2) is 0 Å². The van der Waals surface area contributed by atoms with E-state index in [0.29, 0.717) is 12.8 Å². The van der Waals surface area contributed by atoms with Crippen LogP contribution in [0.1, 0.15) is 44.9 Å². The topological polar surface area (TPSA) is 66.5 Å². The molecule has 1 spiro atoms. The van der Waals surface area contributed by atoms with Crippen molar-refractivity contribution in [3.8, 4) is 0 Å². The molecule has 0 aromatic carbocycles. The van der Waals surface area contributed by atoms with Gasteiger partial charge in [-0.2, -0.15) is 13.2 Å². The number of amides is 4. The van der Waals surface area contributed by atoms with Gasteiger partial charge < -0.3 is 0 Å². The van der Waals surface area contributed by atoms with Crippen LogP contribution in [0.25, 0.3) is 0 Å². The van der Waals surface area contributed by atoms with Crippen LogP contribution < -0.4 is 5.32 Å². The predicted octanol–water partition coefficient (Wildman–Crippen LogP) is 2.11. The molecular weight excluding hydrogens is 289 g/mol. The molecule has 116 valence electrons. The van der Waals surface area contributed by atoms with E-state index in [-0.39, 0.29) is 30.6 Å². The van der Waals surface area contributed by atoms with Crippen molar-refractivity contribution in [1.29, 1.82) is 0 Å². The number of hydrogen-bond donors (Lipinski definition) is 1. The van der Waals surface area contributed by atoms with E-state index in [9.17, 15) is 27.6 Å². The summed E-state index contributed by atoms with van der Waals surface area (Å²) in [4.78, 5) is 36.8. The van der Waals surface area contributed by atoms with E-state index in [1.165, 1.54) is 0 Å². The van der Waals surface area contributed by atoms with Crippen molar-refractivity contribution < 1.29 is 27.6 Å². The van der Waals surface area contributed by atoms with Gasteiger partial charge in [0, 0.05) is 0 Å². The Labute approximate surface area is 118 Å². The first-order chi connectivity index (χ1) is 9.75. The number of carbonyl (C=O) groups is 3. The largest absolute Gasteiger partial charge is 0.412 e. The van der Waals surface area contributed by atoms with Crippen molar-refractivity contribution in [2.45, 2.75) is 56.7 Å². The molecular formula is C13H15F3N2O3. The minimum absolute atomic E-state index is 0.204. The van der Waals surface area contributed by atoms with Crippen LogP contribution in [-0.2, 0) is 9.59 Å². The number of rotatable bonds is 1. The maximum absolute atomic E-state index is 13.2. The van der Waals surface area contributed by atoms with Crippen molar-refractivity contribution in [2.24, 2.45) is 5.41 Å². The molecule has 1 N–H and O–H groups in total. The Hall–Kier alpha value is -1.60. The number of nitrogens with zero attached hydrogens (tertiary/aromatic N) is 1. The monoisotopic (exact) mass is 304 g/mol. The average Bonchev–Trinajstić information content (AvgIpc) is 3.19. The first-order valence-electron chi connectivity index (χ1n) is 7.01. The smallest absolute Gasteiger partial charge is 0.277 e. The molecule has 1 saturated heterocycles. The highest BCUT2D eigenvalue weighted by atomic mass is 19.4. The van der Waals surface area contributed by atoms with Crippen LogP contribution >= 0.6 is 0 Å². The first-order valence-corrected chi connectivity index (χ1v) is 7.01. The second kappa shape index (κ2) is 4.20.